The van der Waals surface area contributed by atoms with E-state index in [0.29, 0.717) is 46.0 Å². The number of nitrogens with one attached hydrogen (secondary N) is 1. The Bertz CT molecular complexity index is 1220. The first-order valence-electron chi connectivity index (χ1n) is 10.2. The highest BCUT2D eigenvalue weighted by atomic mass is 35.5. The van der Waals surface area contributed by atoms with Gasteiger partial charge in [-0.15, -0.1) is 0 Å². The predicted molar refractivity (Wildman–Crippen MR) is 132 cm³/mol. The first-order chi connectivity index (χ1) is 15.9. The van der Waals surface area contributed by atoms with Crippen molar-refractivity contribution in [2.45, 2.75) is 20.5 Å². The quantitative estimate of drug-likeness (QED) is 0.283. The summed E-state index contributed by atoms with van der Waals surface area (Å²) in [7, 11) is 0. The molecule has 3 rings (SSSR count). The normalized spacial score (nSPS) is 10.9. The number of rotatable bonds is 8. The van der Waals surface area contributed by atoms with Crippen LogP contribution in [-0.2, 0) is 11.4 Å². The highest BCUT2D eigenvalue weighted by Gasteiger charge is 2.15. The molecule has 0 radical (unpaired) electrons. The number of halogens is 2. The van der Waals surface area contributed by atoms with Gasteiger partial charge in [0.2, 0.25) is 0 Å². The van der Waals surface area contributed by atoms with Crippen molar-refractivity contribution in [1.29, 1.82) is 5.26 Å². The van der Waals surface area contributed by atoms with Gasteiger partial charge in [-0.25, -0.2) is 0 Å². The Morgan fingerprint density at radius 1 is 1.09 bits per heavy atom. The third-order valence-corrected chi connectivity index (χ3v) is 5.11. The van der Waals surface area contributed by atoms with Crippen LogP contribution in [0.4, 0.5) is 5.69 Å². The van der Waals surface area contributed by atoms with Crippen LogP contribution in [0.15, 0.2) is 66.2 Å². The molecular formula is C26H22Cl2N2O3. The zero-order valence-electron chi connectivity index (χ0n) is 18.2. The van der Waals surface area contributed by atoms with Crippen LogP contribution in [0, 0.1) is 18.3 Å². The van der Waals surface area contributed by atoms with Gasteiger partial charge in [0, 0.05) is 10.7 Å². The Labute approximate surface area is 203 Å². The fourth-order valence-electron chi connectivity index (χ4n) is 2.99. The number of carbonyl (C=O) groups excluding carboxylic acids is 1. The van der Waals surface area contributed by atoms with Crippen molar-refractivity contribution < 1.29 is 14.3 Å². The van der Waals surface area contributed by atoms with Crippen LogP contribution in [-0.4, -0.2) is 12.5 Å². The Morgan fingerprint density at radius 2 is 1.85 bits per heavy atom. The molecule has 0 fully saturated rings. The molecule has 33 heavy (non-hydrogen) atoms. The fourth-order valence-corrected chi connectivity index (χ4v) is 3.46. The van der Waals surface area contributed by atoms with Crippen LogP contribution in [0.5, 0.6) is 11.5 Å². The summed E-state index contributed by atoms with van der Waals surface area (Å²) in [4.78, 5) is 12.6. The molecule has 3 aromatic carbocycles. The predicted octanol–water partition coefficient (Wildman–Crippen LogP) is 6.83. The zero-order valence-corrected chi connectivity index (χ0v) is 19.7. The largest absolute Gasteiger partial charge is 0.490 e. The van der Waals surface area contributed by atoms with Crippen LogP contribution in [0.1, 0.15) is 23.6 Å². The van der Waals surface area contributed by atoms with Crippen molar-refractivity contribution in [3.63, 3.8) is 0 Å². The number of nitriles is 1. The number of ether oxygens (including phenoxy) is 2. The van der Waals surface area contributed by atoms with Crippen LogP contribution in [0.2, 0.25) is 10.0 Å². The number of benzene rings is 3. The van der Waals surface area contributed by atoms with Crippen molar-refractivity contribution >= 4 is 40.9 Å². The van der Waals surface area contributed by atoms with E-state index in [4.69, 9.17) is 32.7 Å². The lowest BCUT2D eigenvalue weighted by Gasteiger charge is -2.15. The molecule has 0 bridgehead atoms. The second-order valence-electron chi connectivity index (χ2n) is 7.17. The van der Waals surface area contributed by atoms with E-state index < -0.39 is 5.91 Å². The van der Waals surface area contributed by atoms with Crippen LogP contribution >= 0.6 is 23.2 Å². The molecular weight excluding hydrogens is 459 g/mol. The van der Waals surface area contributed by atoms with Crippen LogP contribution in [0.3, 0.4) is 0 Å². The van der Waals surface area contributed by atoms with Gasteiger partial charge in [-0.05, 0) is 61.4 Å². The van der Waals surface area contributed by atoms with Gasteiger partial charge in [0.05, 0.1) is 11.6 Å². The third kappa shape index (κ3) is 6.76. The van der Waals surface area contributed by atoms with Crippen molar-refractivity contribution in [3.8, 4) is 17.6 Å². The topological polar surface area (TPSA) is 71.3 Å². The lowest BCUT2D eigenvalue weighted by molar-refractivity contribution is -0.112. The molecule has 0 aliphatic rings. The molecule has 3 aromatic rings. The number of nitrogens with zero attached hydrogens (tertiary/aromatic N) is 1. The monoisotopic (exact) mass is 480 g/mol. The number of hydrogen-bond acceptors (Lipinski definition) is 4. The van der Waals surface area contributed by atoms with Crippen molar-refractivity contribution in [3.05, 3.63) is 93.0 Å². The SMILES string of the molecule is CCOc1cc(/C=C(\C#N)C(=O)Nc2cccc(Cl)c2)cc(Cl)c1OCc1ccc(C)cc1. The minimum Gasteiger partial charge on any atom is -0.490 e. The van der Waals surface area contributed by atoms with Gasteiger partial charge in [-0.1, -0.05) is 59.1 Å². The third-order valence-electron chi connectivity index (χ3n) is 4.59. The number of amides is 1. The molecule has 0 unspecified atom stereocenters. The Kier molecular flexibility index (Phi) is 8.37. The number of aryl methyl sites for hydroxylation is 1. The van der Waals surface area contributed by atoms with Crippen LogP contribution in [0.25, 0.3) is 6.08 Å². The maximum absolute atomic E-state index is 12.6. The van der Waals surface area contributed by atoms with Crippen molar-refractivity contribution in [1.82, 2.24) is 0 Å². The molecule has 0 atom stereocenters. The average Bonchev–Trinajstić information content (AvgIpc) is 2.78. The number of carbonyl (C=O) groups is 1. The van der Waals surface area contributed by atoms with Gasteiger partial charge in [-0.2, -0.15) is 5.26 Å². The van der Waals surface area contributed by atoms with E-state index in [1.807, 2.05) is 44.2 Å². The lowest BCUT2D eigenvalue weighted by Crippen LogP contribution is -2.13. The van der Waals surface area contributed by atoms with Gasteiger partial charge in [-0.3, -0.25) is 4.79 Å². The van der Waals surface area contributed by atoms with Gasteiger partial charge < -0.3 is 14.8 Å². The fraction of sp³-hybridized carbons (Fsp3) is 0.154. The highest BCUT2D eigenvalue weighted by molar-refractivity contribution is 6.32. The van der Waals surface area contributed by atoms with Gasteiger partial charge in [0.15, 0.2) is 11.5 Å². The molecule has 0 aliphatic carbocycles. The van der Waals surface area contributed by atoms with Crippen molar-refractivity contribution in [2.24, 2.45) is 0 Å². The molecule has 168 valence electrons. The average molecular weight is 481 g/mol. The second kappa shape index (κ2) is 11.4. The summed E-state index contributed by atoms with van der Waals surface area (Å²) < 4.78 is 11.6. The summed E-state index contributed by atoms with van der Waals surface area (Å²) >= 11 is 12.4. The Balaban J connectivity index is 1.84. The molecule has 0 heterocycles. The smallest absolute Gasteiger partial charge is 0.266 e. The minimum absolute atomic E-state index is 0.0955. The van der Waals surface area contributed by atoms with E-state index in [1.165, 1.54) is 6.08 Å². The van der Waals surface area contributed by atoms with E-state index >= 15 is 0 Å². The first kappa shape index (κ1) is 24.2. The van der Waals surface area contributed by atoms with E-state index in [2.05, 4.69) is 5.32 Å². The van der Waals surface area contributed by atoms with E-state index in [1.54, 1.807) is 36.4 Å². The second-order valence-corrected chi connectivity index (χ2v) is 8.02. The standard InChI is InChI=1S/C26H22Cl2N2O3/c1-3-32-24-13-19(11-20(15-29)26(31)30-22-6-4-5-21(27)14-22)12-23(28)25(24)33-16-18-9-7-17(2)8-10-18/h4-14H,3,16H2,1-2H3,(H,30,31)/b20-11+. The summed E-state index contributed by atoms with van der Waals surface area (Å²) in [6.07, 6.45) is 1.44. The summed E-state index contributed by atoms with van der Waals surface area (Å²) in [5, 5.41) is 13.0. The van der Waals surface area contributed by atoms with Crippen LogP contribution < -0.4 is 14.8 Å². The molecule has 1 N–H and O–H groups in total. The zero-order chi connectivity index (χ0) is 23.8. The van der Waals surface area contributed by atoms with E-state index in [0.717, 1.165) is 11.1 Å². The summed E-state index contributed by atoms with van der Waals surface area (Å²) in [5.74, 6) is 0.266. The lowest BCUT2D eigenvalue weighted by atomic mass is 10.1. The maximum atomic E-state index is 12.6. The summed E-state index contributed by atoms with van der Waals surface area (Å²) in [5.41, 5.74) is 3.08. The maximum Gasteiger partial charge on any atom is 0.266 e. The van der Waals surface area contributed by atoms with Gasteiger partial charge in [0.1, 0.15) is 18.2 Å². The number of anilines is 1. The van der Waals surface area contributed by atoms with E-state index in [9.17, 15) is 10.1 Å². The Hall–Kier alpha value is -3.46. The van der Waals surface area contributed by atoms with Gasteiger partial charge >= 0.3 is 0 Å². The minimum atomic E-state index is -0.562. The molecule has 0 aliphatic heterocycles. The molecule has 5 nitrogen and oxygen atoms in total. The molecule has 0 spiro atoms. The highest BCUT2D eigenvalue weighted by Crippen LogP contribution is 2.38. The number of hydrogen-bond donors (Lipinski definition) is 1. The molecule has 0 saturated carbocycles. The molecule has 7 heteroatoms. The molecule has 1 amide bonds. The van der Waals surface area contributed by atoms with Crippen molar-refractivity contribution in [2.75, 3.05) is 11.9 Å². The summed E-state index contributed by atoms with van der Waals surface area (Å²) in [6.45, 7) is 4.58. The van der Waals surface area contributed by atoms with E-state index in [-0.39, 0.29) is 5.57 Å². The molecule has 0 saturated heterocycles. The first-order valence-corrected chi connectivity index (χ1v) is 11.0. The van der Waals surface area contributed by atoms with Gasteiger partial charge in [0.25, 0.3) is 5.91 Å². The Morgan fingerprint density at radius 3 is 2.52 bits per heavy atom. The molecule has 0 aromatic heterocycles. The summed E-state index contributed by atoms with van der Waals surface area (Å²) in [6, 6.07) is 19.9.